The second kappa shape index (κ2) is 12.5. The van der Waals surface area contributed by atoms with Crippen LogP contribution in [0, 0.1) is 0 Å². The second-order valence-electron chi connectivity index (χ2n) is 22.5. The van der Waals surface area contributed by atoms with Crippen molar-refractivity contribution in [1.82, 2.24) is 0 Å². The van der Waals surface area contributed by atoms with E-state index in [1.807, 2.05) is 0 Å². The molecule has 4 heteroatoms. The molecule has 5 aromatic rings. The number of anilines is 4. The summed E-state index contributed by atoms with van der Waals surface area (Å²) in [6, 6.07) is 32.2. The summed E-state index contributed by atoms with van der Waals surface area (Å²) in [6.07, 6.45) is 9.81. The molecule has 4 aromatic carbocycles. The lowest BCUT2D eigenvalue weighted by molar-refractivity contribution is 0.188. The van der Waals surface area contributed by atoms with E-state index in [1.54, 1.807) is 21.5 Å². The fraction of sp³-hybridized carbons (Fsp3) is 0.444. The standard InChI is InChI=1S/C54H63BN2S/c1-33-27-44-48-45(28-33)57(38-20-15-35(16-21-38)51(5,6)7)49-39-30-40-41(54(12)25-23-53(40,11)24-26-54)31-46(39)58-47(49)32-55(48)42-29-36(52(8,9)10)17-22-43(42)56(44)37-18-13-34(14-19-37)50(2,3)4/h13-22,27,29-31,45H,23-26,28,32H2,1-12H3. The van der Waals surface area contributed by atoms with Crippen LogP contribution >= 0.6 is 11.3 Å². The third-order valence-corrected chi connectivity index (χ3v) is 16.4. The lowest BCUT2D eigenvalue weighted by Crippen LogP contribution is -2.51. The fourth-order valence-electron chi connectivity index (χ4n) is 11.5. The molecular weight excluding hydrogens is 719 g/mol. The highest BCUT2D eigenvalue weighted by Crippen LogP contribution is 2.59. The molecule has 1 unspecified atom stereocenters. The highest BCUT2D eigenvalue weighted by atomic mass is 32.1. The number of thiophene rings is 1. The molecule has 298 valence electrons. The van der Waals surface area contributed by atoms with Gasteiger partial charge in [-0.25, -0.2) is 0 Å². The highest BCUT2D eigenvalue weighted by Gasteiger charge is 2.50. The number of rotatable bonds is 2. The van der Waals surface area contributed by atoms with E-state index in [-0.39, 0.29) is 34.4 Å². The average Bonchev–Trinajstić information content (AvgIpc) is 3.43. The van der Waals surface area contributed by atoms with Crippen LogP contribution < -0.4 is 15.3 Å². The van der Waals surface area contributed by atoms with Crippen LogP contribution in [0.5, 0.6) is 0 Å². The van der Waals surface area contributed by atoms with Crippen LogP contribution in [0.3, 0.4) is 0 Å². The summed E-state index contributed by atoms with van der Waals surface area (Å²) in [5.74, 6) is 0. The van der Waals surface area contributed by atoms with Gasteiger partial charge in [0, 0.05) is 37.7 Å². The lowest BCUT2D eigenvalue weighted by Gasteiger charge is -2.52. The molecular formula is C54H63BN2S. The van der Waals surface area contributed by atoms with Gasteiger partial charge in [-0.1, -0.05) is 124 Å². The molecule has 2 bridgehead atoms. The summed E-state index contributed by atoms with van der Waals surface area (Å²) < 4.78 is 1.48. The Labute approximate surface area is 353 Å². The molecule has 2 aliphatic heterocycles. The van der Waals surface area contributed by atoms with Crippen molar-refractivity contribution in [2.75, 3.05) is 9.80 Å². The zero-order valence-corrected chi connectivity index (χ0v) is 38.1. The normalized spacial score (nSPS) is 24.0. The van der Waals surface area contributed by atoms with E-state index in [2.05, 4.69) is 189 Å². The fourth-order valence-corrected chi connectivity index (χ4v) is 12.7. The van der Waals surface area contributed by atoms with Gasteiger partial charge in [-0.3, -0.25) is 0 Å². The summed E-state index contributed by atoms with van der Waals surface area (Å²) in [5.41, 5.74) is 19.5. The topological polar surface area (TPSA) is 6.48 Å². The van der Waals surface area contributed by atoms with E-state index in [1.165, 1.54) is 91.9 Å². The van der Waals surface area contributed by atoms with E-state index in [9.17, 15) is 0 Å². The monoisotopic (exact) mass is 782 g/mol. The van der Waals surface area contributed by atoms with Crippen molar-refractivity contribution in [3.8, 4) is 0 Å². The van der Waals surface area contributed by atoms with E-state index < -0.39 is 0 Å². The van der Waals surface area contributed by atoms with E-state index in [0.717, 1.165) is 12.7 Å². The molecule has 3 heterocycles. The van der Waals surface area contributed by atoms with E-state index >= 15 is 0 Å². The Morgan fingerprint density at radius 1 is 0.655 bits per heavy atom. The Morgan fingerprint density at radius 2 is 1.19 bits per heavy atom. The largest absolute Gasteiger partial charge is 0.333 e. The Bertz CT molecular complexity index is 2550. The Morgan fingerprint density at radius 3 is 1.76 bits per heavy atom. The first-order valence-corrected chi connectivity index (χ1v) is 23.0. The summed E-state index contributed by atoms with van der Waals surface area (Å²) in [5, 5.41) is 1.47. The number of hydrogen-bond acceptors (Lipinski definition) is 3. The number of nitrogens with zero attached hydrogens (tertiary/aromatic N) is 2. The first-order chi connectivity index (χ1) is 27.2. The SMILES string of the molecule is CC1=CC2=C3B(Cc4sc5cc6c(cc5c4N(c4ccc(C(C)(C)C)cc4)C3C1)C1(C)CCC6(C)CC1)c1cc(C(C)(C)C)ccc1N2c1ccc(C(C)(C)C)cc1. The zero-order valence-electron chi connectivity index (χ0n) is 37.3. The van der Waals surface area contributed by atoms with Crippen LogP contribution in [0.15, 0.2) is 102 Å². The van der Waals surface area contributed by atoms with Crippen LogP contribution in [-0.4, -0.2) is 12.8 Å². The van der Waals surface area contributed by atoms with Crippen LogP contribution in [0.2, 0.25) is 0 Å². The molecule has 11 rings (SSSR count). The van der Waals surface area contributed by atoms with Crippen LogP contribution in [0.4, 0.5) is 22.7 Å². The van der Waals surface area contributed by atoms with Crippen LogP contribution in [0.25, 0.3) is 10.1 Å². The molecule has 1 atom stereocenters. The Kier molecular flexibility index (Phi) is 8.24. The third-order valence-electron chi connectivity index (χ3n) is 15.3. The molecule has 1 fully saturated rings. The number of hydrogen-bond donors (Lipinski definition) is 0. The van der Waals surface area contributed by atoms with Crippen molar-refractivity contribution in [2.45, 2.75) is 155 Å². The molecule has 1 aromatic heterocycles. The highest BCUT2D eigenvalue weighted by molar-refractivity contribution is 7.20. The van der Waals surface area contributed by atoms with Gasteiger partial charge in [0.15, 0.2) is 0 Å². The maximum Gasteiger partial charge on any atom is 0.217 e. The van der Waals surface area contributed by atoms with Gasteiger partial charge in [-0.2, -0.15) is 0 Å². The summed E-state index contributed by atoms with van der Waals surface area (Å²) >= 11 is 2.10. The van der Waals surface area contributed by atoms with Gasteiger partial charge in [0.25, 0.3) is 0 Å². The zero-order chi connectivity index (χ0) is 40.9. The second-order valence-corrected chi connectivity index (χ2v) is 23.7. The first kappa shape index (κ1) is 38.2. The number of benzene rings is 4. The van der Waals surface area contributed by atoms with Crippen molar-refractivity contribution in [3.63, 3.8) is 0 Å². The molecule has 0 spiro atoms. The van der Waals surface area contributed by atoms with E-state index in [4.69, 9.17) is 0 Å². The molecule has 4 aliphatic carbocycles. The first-order valence-electron chi connectivity index (χ1n) is 22.2. The quantitative estimate of drug-likeness (QED) is 0.165. The smallest absolute Gasteiger partial charge is 0.217 e. The van der Waals surface area contributed by atoms with Gasteiger partial charge in [0.2, 0.25) is 6.71 Å². The maximum absolute atomic E-state index is 2.84. The molecule has 0 radical (unpaired) electrons. The predicted molar refractivity (Wildman–Crippen MR) is 253 cm³/mol. The summed E-state index contributed by atoms with van der Waals surface area (Å²) in [4.78, 5) is 7.01. The van der Waals surface area contributed by atoms with Crippen molar-refractivity contribution < 1.29 is 0 Å². The van der Waals surface area contributed by atoms with Gasteiger partial charge >= 0.3 is 0 Å². The molecule has 0 amide bonds. The summed E-state index contributed by atoms with van der Waals surface area (Å²) in [7, 11) is 0. The van der Waals surface area contributed by atoms with Crippen molar-refractivity contribution in [1.29, 1.82) is 0 Å². The minimum absolute atomic E-state index is 0.0459. The van der Waals surface area contributed by atoms with Gasteiger partial charge < -0.3 is 9.80 Å². The molecule has 1 saturated carbocycles. The van der Waals surface area contributed by atoms with Crippen LogP contribution in [0.1, 0.15) is 148 Å². The van der Waals surface area contributed by atoms with Crippen molar-refractivity contribution >= 4 is 56.3 Å². The predicted octanol–water partition coefficient (Wildman–Crippen LogP) is 14.2. The molecule has 6 aliphatic rings. The maximum atomic E-state index is 2.84. The Hall–Kier alpha value is -4.02. The molecule has 0 N–H and O–H groups in total. The molecule has 0 saturated heterocycles. The van der Waals surface area contributed by atoms with Gasteiger partial charge in [-0.15, -0.1) is 11.3 Å². The summed E-state index contributed by atoms with van der Waals surface area (Å²) in [6.45, 7) is 28.8. The minimum atomic E-state index is 0.0459. The van der Waals surface area contributed by atoms with Gasteiger partial charge in [-0.05, 0) is 154 Å². The third kappa shape index (κ3) is 5.77. The molecule has 2 nitrogen and oxygen atoms in total. The number of fused-ring (bicyclic) bond motifs is 7. The number of allylic oxidation sites excluding steroid dienone is 1. The van der Waals surface area contributed by atoms with Crippen LogP contribution in [-0.2, 0) is 33.4 Å². The van der Waals surface area contributed by atoms with Gasteiger partial charge in [0.05, 0.1) is 11.7 Å². The van der Waals surface area contributed by atoms with Crippen molar-refractivity contribution in [3.05, 3.63) is 134 Å². The van der Waals surface area contributed by atoms with Crippen molar-refractivity contribution in [2.24, 2.45) is 0 Å². The average molecular weight is 783 g/mol. The minimum Gasteiger partial charge on any atom is -0.333 e. The lowest BCUT2D eigenvalue weighted by atomic mass is 9.34. The van der Waals surface area contributed by atoms with Gasteiger partial charge in [0.1, 0.15) is 0 Å². The van der Waals surface area contributed by atoms with E-state index in [0.29, 0.717) is 5.41 Å². The molecule has 58 heavy (non-hydrogen) atoms. The Balaban J connectivity index is 1.26.